The number of hydrogen-bond donors (Lipinski definition) is 1. The van der Waals surface area contributed by atoms with Crippen LogP contribution < -0.4 is 10.2 Å². The van der Waals surface area contributed by atoms with Crippen LogP contribution in [0, 0.1) is 5.92 Å². The first-order valence-electron chi connectivity index (χ1n) is 8.28. The summed E-state index contributed by atoms with van der Waals surface area (Å²) in [5.74, 6) is 0.417. The van der Waals surface area contributed by atoms with Gasteiger partial charge in [-0.2, -0.15) is 0 Å². The van der Waals surface area contributed by atoms with E-state index < -0.39 is 0 Å². The molecule has 2 saturated heterocycles. The first kappa shape index (κ1) is 16.5. The quantitative estimate of drug-likeness (QED) is 0.856. The number of rotatable bonds is 2. The van der Waals surface area contributed by atoms with Crippen LogP contribution in [-0.2, 0) is 0 Å². The lowest BCUT2D eigenvalue weighted by Crippen LogP contribution is -2.45. The molecule has 2 amide bonds. The van der Waals surface area contributed by atoms with Crippen LogP contribution in [0.4, 0.5) is 16.2 Å². The molecule has 2 aromatic rings. The summed E-state index contributed by atoms with van der Waals surface area (Å²) >= 11 is 12.6. The molecule has 3 heterocycles. The lowest BCUT2D eigenvalue weighted by Gasteiger charge is -2.35. The minimum Gasteiger partial charge on any atom is -0.367 e. The van der Waals surface area contributed by atoms with Gasteiger partial charge in [-0.15, -0.1) is 0 Å². The average Bonchev–Trinajstić information content (AvgIpc) is 2.90. The number of benzene rings is 1. The predicted octanol–water partition coefficient (Wildman–Crippen LogP) is 4.13. The van der Waals surface area contributed by atoms with Crippen molar-refractivity contribution >= 4 is 40.6 Å². The molecule has 2 bridgehead atoms. The highest BCUT2D eigenvalue weighted by atomic mass is 35.5. The second-order valence-corrected chi connectivity index (χ2v) is 7.38. The number of likely N-dealkylation sites (tertiary alicyclic amines) is 1. The fourth-order valence-electron chi connectivity index (χ4n) is 3.81. The molecule has 7 heteroatoms. The summed E-state index contributed by atoms with van der Waals surface area (Å²) in [6.45, 7) is 2.32. The van der Waals surface area contributed by atoms with Gasteiger partial charge in [0.05, 0.1) is 21.8 Å². The van der Waals surface area contributed by atoms with Gasteiger partial charge >= 0.3 is 6.03 Å². The first-order chi connectivity index (χ1) is 12.1. The van der Waals surface area contributed by atoms with Crippen molar-refractivity contribution in [1.82, 2.24) is 9.88 Å². The lowest BCUT2D eigenvalue weighted by atomic mass is 9.99. The summed E-state index contributed by atoms with van der Waals surface area (Å²) in [5, 5.41) is 4.08. The zero-order valence-electron chi connectivity index (χ0n) is 13.5. The molecule has 1 N–H and O–H groups in total. The van der Waals surface area contributed by atoms with Gasteiger partial charge in [-0.3, -0.25) is 4.98 Å². The van der Waals surface area contributed by atoms with Crippen LogP contribution in [0.5, 0.6) is 0 Å². The number of fused-ring (bicyclic) bond motifs is 2. The van der Waals surface area contributed by atoms with E-state index in [1.807, 2.05) is 35.2 Å². The van der Waals surface area contributed by atoms with Gasteiger partial charge in [0, 0.05) is 37.7 Å². The molecule has 1 aromatic carbocycles. The van der Waals surface area contributed by atoms with E-state index in [4.69, 9.17) is 23.2 Å². The Hall–Kier alpha value is -1.98. The van der Waals surface area contributed by atoms with Crippen LogP contribution in [0.3, 0.4) is 0 Å². The van der Waals surface area contributed by atoms with Gasteiger partial charge in [0.15, 0.2) is 0 Å². The highest BCUT2D eigenvalue weighted by Gasteiger charge is 2.41. The molecule has 0 saturated carbocycles. The zero-order valence-corrected chi connectivity index (χ0v) is 15.0. The van der Waals surface area contributed by atoms with E-state index in [1.165, 1.54) is 0 Å². The largest absolute Gasteiger partial charge is 0.367 e. The fourth-order valence-corrected chi connectivity index (χ4v) is 4.42. The molecule has 1 aromatic heterocycles. The maximum atomic E-state index is 12.7. The number of urea groups is 1. The molecule has 2 unspecified atom stereocenters. The standard InChI is InChI=1S/C18H18Cl2N4O/c19-15-7-21-8-16(20)17(15)23-9-12-6-14(11-23)24(10-12)18(25)22-13-4-2-1-3-5-13/h1-5,7-8,12,14H,6,9-11H2,(H,22,25). The van der Waals surface area contributed by atoms with Crippen molar-refractivity contribution in [2.45, 2.75) is 12.5 Å². The number of aromatic nitrogens is 1. The van der Waals surface area contributed by atoms with Gasteiger partial charge in [-0.1, -0.05) is 41.4 Å². The molecule has 0 aliphatic carbocycles. The Labute approximate surface area is 156 Å². The number of halogens is 2. The molecule has 2 aliphatic heterocycles. The Morgan fingerprint density at radius 2 is 1.80 bits per heavy atom. The minimum atomic E-state index is -0.0486. The van der Waals surface area contributed by atoms with Gasteiger partial charge in [0.1, 0.15) is 0 Å². The molecule has 5 nitrogen and oxygen atoms in total. The summed E-state index contributed by atoms with van der Waals surface area (Å²) in [5.41, 5.74) is 1.63. The molecular weight excluding hydrogens is 359 g/mol. The Kier molecular flexibility index (Phi) is 4.44. The van der Waals surface area contributed by atoms with Crippen LogP contribution in [-0.4, -0.2) is 41.6 Å². The number of nitrogens with one attached hydrogen (secondary N) is 1. The number of hydrogen-bond acceptors (Lipinski definition) is 3. The Balaban J connectivity index is 1.50. The van der Waals surface area contributed by atoms with Crippen LogP contribution in [0.15, 0.2) is 42.7 Å². The van der Waals surface area contributed by atoms with E-state index in [0.29, 0.717) is 16.0 Å². The number of nitrogens with zero attached hydrogens (tertiary/aromatic N) is 3. The number of piperidine rings is 1. The minimum absolute atomic E-state index is 0.0486. The van der Waals surface area contributed by atoms with Gasteiger partial charge < -0.3 is 15.1 Å². The van der Waals surface area contributed by atoms with E-state index in [2.05, 4.69) is 15.2 Å². The fraction of sp³-hybridized carbons (Fsp3) is 0.333. The number of anilines is 2. The number of carbonyl (C=O) groups excluding carboxylic acids is 1. The van der Waals surface area contributed by atoms with Crippen LogP contribution >= 0.6 is 23.2 Å². The van der Waals surface area contributed by atoms with Gasteiger partial charge in [0.25, 0.3) is 0 Å². The van der Waals surface area contributed by atoms with Gasteiger partial charge in [-0.25, -0.2) is 4.79 Å². The third-order valence-corrected chi connectivity index (χ3v) is 5.39. The van der Waals surface area contributed by atoms with E-state index in [0.717, 1.165) is 37.4 Å². The van der Waals surface area contributed by atoms with E-state index in [9.17, 15) is 4.79 Å². The third-order valence-electron chi connectivity index (χ3n) is 4.84. The molecule has 2 aliphatic rings. The lowest BCUT2D eigenvalue weighted by molar-refractivity contribution is 0.208. The number of amides is 2. The molecule has 2 fully saturated rings. The van der Waals surface area contributed by atoms with Crippen molar-refractivity contribution in [3.63, 3.8) is 0 Å². The maximum Gasteiger partial charge on any atom is 0.322 e. The van der Waals surface area contributed by atoms with Crippen LogP contribution in [0.2, 0.25) is 10.0 Å². The summed E-state index contributed by atoms with van der Waals surface area (Å²) in [7, 11) is 0. The molecule has 4 rings (SSSR count). The monoisotopic (exact) mass is 376 g/mol. The van der Waals surface area contributed by atoms with Gasteiger partial charge in [0.2, 0.25) is 0 Å². The van der Waals surface area contributed by atoms with Crippen molar-refractivity contribution in [3.8, 4) is 0 Å². The van der Waals surface area contributed by atoms with Crippen LogP contribution in [0.25, 0.3) is 0 Å². The highest BCUT2D eigenvalue weighted by Crippen LogP contribution is 2.38. The molecule has 0 radical (unpaired) electrons. The van der Waals surface area contributed by atoms with Crippen molar-refractivity contribution in [3.05, 3.63) is 52.8 Å². The second-order valence-electron chi connectivity index (χ2n) is 6.56. The first-order valence-corrected chi connectivity index (χ1v) is 9.04. The SMILES string of the molecule is O=C(Nc1ccccc1)N1CC2CC1CN(c1c(Cl)cncc1Cl)C2. The van der Waals surface area contributed by atoms with Crippen molar-refractivity contribution in [2.24, 2.45) is 5.92 Å². The average molecular weight is 377 g/mol. The summed E-state index contributed by atoms with van der Waals surface area (Å²) in [6, 6.07) is 9.64. The zero-order chi connectivity index (χ0) is 17.4. The Morgan fingerprint density at radius 1 is 1.08 bits per heavy atom. The molecule has 2 atom stereocenters. The number of pyridine rings is 1. The Morgan fingerprint density at radius 3 is 2.52 bits per heavy atom. The van der Waals surface area contributed by atoms with Crippen LogP contribution in [0.1, 0.15) is 6.42 Å². The molecule has 130 valence electrons. The smallest absolute Gasteiger partial charge is 0.322 e. The normalized spacial score (nSPS) is 22.2. The summed E-state index contributed by atoms with van der Waals surface area (Å²) in [6.07, 6.45) is 4.23. The number of carbonyl (C=O) groups is 1. The van der Waals surface area contributed by atoms with E-state index in [-0.39, 0.29) is 12.1 Å². The van der Waals surface area contributed by atoms with Crippen molar-refractivity contribution in [1.29, 1.82) is 0 Å². The van der Waals surface area contributed by atoms with Gasteiger partial charge in [-0.05, 0) is 24.5 Å². The second kappa shape index (κ2) is 6.73. The molecule has 0 spiro atoms. The Bertz CT molecular complexity index is 766. The summed E-state index contributed by atoms with van der Waals surface area (Å²) < 4.78 is 0. The molecule has 25 heavy (non-hydrogen) atoms. The van der Waals surface area contributed by atoms with E-state index >= 15 is 0 Å². The van der Waals surface area contributed by atoms with E-state index in [1.54, 1.807) is 12.4 Å². The summed E-state index contributed by atoms with van der Waals surface area (Å²) in [4.78, 5) is 20.8. The van der Waals surface area contributed by atoms with Crippen molar-refractivity contribution < 1.29 is 4.79 Å². The van der Waals surface area contributed by atoms with Crippen molar-refractivity contribution in [2.75, 3.05) is 29.9 Å². The highest BCUT2D eigenvalue weighted by molar-refractivity contribution is 6.38. The third kappa shape index (κ3) is 3.26. The number of para-hydroxylation sites is 1. The topological polar surface area (TPSA) is 48.5 Å². The maximum absolute atomic E-state index is 12.7. The molecular formula is C18H18Cl2N4O. The predicted molar refractivity (Wildman–Crippen MR) is 101 cm³/mol.